The lowest BCUT2D eigenvalue weighted by atomic mass is 9.85. The Morgan fingerprint density at radius 3 is 2.45 bits per heavy atom. The fourth-order valence-corrected chi connectivity index (χ4v) is 10.2. The van der Waals surface area contributed by atoms with Gasteiger partial charge in [-0.3, -0.25) is 33.6 Å². The minimum atomic E-state index is -0.977. The molecule has 2 aliphatic rings. The van der Waals surface area contributed by atoms with Crippen molar-refractivity contribution in [3.63, 3.8) is 0 Å². The van der Waals surface area contributed by atoms with Crippen LogP contribution in [0.3, 0.4) is 0 Å². The number of rotatable bonds is 23. The molecule has 1 unspecified atom stereocenters. The number of carbonyl (C=O) groups excluding carboxylic acids is 5. The zero-order valence-corrected chi connectivity index (χ0v) is 43.5. The van der Waals surface area contributed by atoms with Gasteiger partial charge in [0.25, 0.3) is 5.91 Å². The number of likely N-dealkylation sites (tertiary alicyclic amines) is 2. The van der Waals surface area contributed by atoms with Crippen LogP contribution in [0.1, 0.15) is 67.5 Å². The standard InChI is InChI=1S/C53H67N11O9S/c1-33-48(74-32-56-33)36-8-6-34(7-9-36)26-55-51(69)44-25-40(65)29-64(44)52(70)49(53(2,3)4)61-47(67)31-73-21-20-72-19-18-71-17-15-54-46(66)22-35-14-16-63(28-35)30-45-59-41-12-11-39(24-42(41)60-45)58-50(68)37-10-13-43-38(23-37)27-57-62(43)5/h6-13,23-24,27,32,35,40,44,49,65H,14-22,25-26,28-31H2,1-5H3,(H,54,66)(H,55,69)(H,58,68)(H,59,60)(H,61,67)/t35?,40-,44+,49-/m1/s1. The molecule has 394 valence electrons. The number of carbonyl (C=O) groups is 5. The van der Waals surface area contributed by atoms with Gasteiger partial charge in [-0.1, -0.05) is 45.0 Å². The summed E-state index contributed by atoms with van der Waals surface area (Å²) in [6, 6.07) is 17.1. The van der Waals surface area contributed by atoms with Gasteiger partial charge in [0.15, 0.2) is 0 Å². The molecule has 5 heterocycles. The van der Waals surface area contributed by atoms with Crippen LogP contribution in [0.2, 0.25) is 0 Å². The quantitative estimate of drug-likeness (QED) is 0.0491. The maximum Gasteiger partial charge on any atom is 0.255 e. The summed E-state index contributed by atoms with van der Waals surface area (Å²) in [6.07, 6.45) is 2.29. The second-order valence-corrected chi connectivity index (χ2v) is 20.9. The van der Waals surface area contributed by atoms with Gasteiger partial charge in [0.2, 0.25) is 23.6 Å². The highest BCUT2D eigenvalue weighted by Crippen LogP contribution is 2.29. The van der Waals surface area contributed by atoms with E-state index in [2.05, 4.69) is 41.2 Å². The molecule has 6 aromatic rings. The zero-order chi connectivity index (χ0) is 52.4. The molecule has 8 rings (SSSR count). The highest BCUT2D eigenvalue weighted by Gasteiger charge is 2.44. The van der Waals surface area contributed by atoms with Gasteiger partial charge in [-0.25, -0.2) is 9.97 Å². The molecule has 3 aromatic heterocycles. The first-order valence-electron chi connectivity index (χ1n) is 25.1. The van der Waals surface area contributed by atoms with E-state index in [1.165, 1.54) is 4.90 Å². The van der Waals surface area contributed by atoms with Gasteiger partial charge in [-0.2, -0.15) is 5.10 Å². The zero-order valence-electron chi connectivity index (χ0n) is 42.6. The summed E-state index contributed by atoms with van der Waals surface area (Å²) in [6.45, 7) is 11.3. The summed E-state index contributed by atoms with van der Waals surface area (Å²) in [7, 11) is 1.86. The number of nitrogens with zero attached hydrogens (tertiary/aromatic N) is 6. The van der Waals surface area contributed by atoms with Crippen molar-refractivity contribution in [1.29, 1.82) is 0 Å². The number of aromatic nitrogens is 5. The van der Waals surface area contributed by atoms with Crippen molar-refractivity contribution in [2.45, 2.75) is 78.2 Å². The summed E-state index contributed by atoms with van der Waals surface area (Å²) in [5.41, 5.74) is 7.79. The molecule has 0 aliphatic carbocycles. The highest BCUT2D eigenvalue weighted by atomic mass is 32.1. The van der Waals surface area contributed by atoms with Gasteiger partial charge in [-0.15, -0.1) is 11.3 Å². The average molecular weight is 1030 g/mol. The largest absolute Gasteiger partial charge is 0.391 e. The Morgan fingerprint density at radius 1 is 0.919 bits per heavy atom. The second-order valence-electron chi connectivity index (χ2n) is 20.1. The molecule has 6 N–H and O–H groups in total. The van der Waals surface area contributed by atoms with Crippen LogP contribution >= 0.6 is 11.3 Å². The molecule has 0 spiro atoms. The number of hydrogen-bond donors (Lipinski definition) is 6. The molecule has 21 heteroatoms. The monoisotopic (exact) mass is 1030 g/mol. The van der Waals surface area contributed by atoms with E-state index in [-0.39, 0.29) is 63.0 Å². The topological polar surface area (TPSA) is 247 Å². The number of aliphatic hydroxyl groups excluding tert-OH is 1. The maximum absolute atomic E-state index is 13.9. The van der Waals surface area contributed by atoms with Crippen molar-refractivity contribution in [3.8, 4) is 10.4 Å². The van der Waals surface area contributed by atoms with Crippen LogP contribution in [0.4, 0.5) is 5.69 Å². The number of nitrogens with one attached hydrogen (secondary N) is 5. The number of anilines is 1. The SMILES string of the molecule is Cc1ncsc1-c1ccc(CNC(=O)[C@@H]2C[C@@H](O)CN2C(=O)[C@@H](NC(=O)COCCOCCOCCNC(=O)CC2CCN(Cc3nc4cc(NC(=O)c5ccc6c(cnn6C)c5)ccc4[nH]3)C2)C(C)(C)C)cc1. The third kappa shape index (κ3) is 14.2. The van der Waals surface area contributed by atoms with Gasteiger partial charge < -0.3 is 50.5 Å². The van der Waals surface area contributed by atoms with Crippen molar-refractivity contribution in [1.82, 2.24) is 50.5 Å². The van der Waals surface area contributed by atoms with E-state index < -0.39 is 35.4 Å². The van der Waals surface area contributed by atoms with Crippen LogP contribution in [-0.4, -0.2) is 153 Å². The molecule has 2 aliphatic heterocycles. The van der Waals surface area contributed by atoms with E-state index in [4.69, 9.17) is 19.2 Å². The number of imidazole rings is 1. The summed E-state index contributed by atoms with van der Waals surface area (Å²) >= 11 is 1.57. The van der Waals surface area contributed by atoms with Gasteiger partial charge >= 0.3 is 0 Å². The van der Waals surface area contributed by atoms with Gasteiger partial charge in [0.1, 0.15) is 24.5 Å². The minimum absolute atomic E-state index is 0.0201. The summed E-state index contributed by atoms with van der Waals surface area (Å²) in [5.74, 6) is -0.501. The number of β-amino-alcohol motifs (C(OH)–C–C–N with tert-alkyl or cyclic N) is 1. The highest BCUT2D eigenvalue weighted by molar-refractivity contribution is 7.13. The predicted molar refractivity (Wildman–Crippen MR) is 280 cm³/mol. The van der Waals surface area contributed by atoms with Crippen molar-refractivity contribution in [3.05, 3.63) is 95.0 Å². The Balaban J connectivity index is 0.657. The molecule has 74 heavy (non-hydrogen) atoms. The summed E-state index contributed by atoms with van der Waals surface area (Å²) in [5, 5.41) is 27.3. The van der Waals surface area contributed by atoms with Crippen molar-refractivity contribution < 1.29 is 43.3 Å². The molecular formula is C53H67N11O9S. The third-order valence-electron chi connectivity index (χ3n) is 13.3. The van der Waals surface area contributed by atoms with E-state index in [1.807, 2.05) is 94.9 Å². The molecule has 0 radical (unpaired) electrons. The molecule has 5 amide bonds. The first kappa shape index (κ1) is 53.7. The second kappa shape index (κ2) is 24.6. The number of aromatic amines is 1. The minimum Gasteiger partial charge on any atom is -0.391 e. The summed E-state index contributed by atoms with van der Waals surface area (Å²) < 4.78 is 18.5. The number of thiazole rings is 1. The first-order valence-corrected chi connectivity index (χ1v) is 25.9. The van der Waals surface area contributed by atoms with Gasteiger partial charge in [0, 0.05) is 62.7 Å². The Kier molecular flexibility index (Phi) is 17.8. The molecule has 3 aromatic carbocycles. The van der Waals surface area contributed by atoms with Gasteiger partial charge in [-0.05, 0) is 78.7 Å². The van der Waals surface area contributed by atoms with Crippen LogP contribution in [0.5, 0.6) is 0 Å². The Labute approximate surface area is 433 Å². The number of aryl methyl sites for hydroxylation is 2. The lowest BCUT2D eigenvalue weighted by Gasteiger charge is -2.35. The number of H-pyrrole nitrogens is 1. The Hall–Kier alpha value is -6.62. The molecule has 0 bridgehead atoms. The number of hydrogen-bond acceptors (Lipinski definition) is 14. The van der Waals surface area contributed by atoms with Crippen molar-refractivity contribution in [2.75, 3.05) is 71.1 Å². The predicted octanol–water partition coefficient (Wildman–Crippen LogP) is 4.32. The summed E-state index contributed by atoms with van der Waals surface area (Å²) in [4.78, 5) is 83.3. The number of aliphatic hydroxyl groups is 1. The van der Waals surface area contributed by atoms with Crippen molar-refractivity contribution >= 4 is 68.5 Å². The molecule has 4 atom stereocenters. The number of fused-ring (bicyclic) bond motifs is 2. The normalized spacial score (nSPS) is 17.5. The van der Waals surface area contributed by atoms with Crippen LogP contribution < -0.4 is 21.3 Å². The fourth-order valence-electron chi connectivity index (χ4n) is 9.34. The lowest BCUT2D eigenvalue weighted by molar-refractivity contribution is -0.144. The maximum atomic E-state index is 13.9. The van der Waals surface area contributed by atoms with Crippen LogP contribution in [0.15, 0.2) is 72.4 Å². The van der Waals surface area contributed by atoms with E-state index in [1.54, 1.807) is 28.3 Å². The van der Waals surface area contributed by atoms with Gasteiger partial charge in [0.05, 0.1) is 84.5 Å². The van der Waals surface area contributed by atoms with E-state index in [9.17, 15) is 29.1 Å². The van der Waals surface area contributed by atoms with E-state index in [0.29, 0.717) is 50.6 Å². The molecule has 20 nitrogen and oxygen atoms in total. The molecule has 2 fully saturated rings. The van der Waals surface area contributed by atoms with E-state index in [0.717, 1.165) is 69.0 Å². The number of benzene rings is 3. The Morgan fingerprint density at radius 2 is 1.69 bits per heavy atom. The average Bonchev–Trinajstić information content (AvgIpc) is 4.24. The lowest BCUT2D eigenvalue weighted by Crippen LogP contribution is -2.58. The van der Waals surface area contributed by atoms with Crippen molar-refractivity contribution in [2.24, 2.45) is 18.4 Å². The number of ether oxygens (including phenoxy) is 3. The molecular weight excluding hydrogens is 967 g/mol. The van der Waals surface area contributed by atoms with Crippen LogP contribution in [0, 0.1) is 18.3 Å². The smallest absolute Gasteiger partial charge is 0.255 e. The Bertz CT molecular complexity index is 2910. The van der Waals surface area contributed by atoms with Crippen LogP contribution in [-0.2, 0) is 53.5 Å². The molecule has 2 saturated heterocycles. The van der Waals surface area contributed by atoms with E-state index >= 15 is 0 Å². The fraction of sp³-hybridized carbons (Fsp3) is 0.472. The first-order chi connectivity index (χ1) is 35.6. The number of amides is 5. The van der Waals surface area contributed by atoms with Crippen LogP contribution in [0.25, 0.3) is 32.4 Å². The third-order valence-corrected chi connectivity index (χ3v) is 14.3. The molecule has 0 saturated carbocycles.